The van der Waals surface area contributed by atoms with Gasteiger partial charge in [0.05, 0.1) is 5.56 Å². The molecule has 9 nitrogen and oxygen atoms in total. The highest BCUT2D eigenvalue weighted by Crippen LogP contribution is 2.23. The number of piperazine rings is 1. The molecule has 14 heteroatoms. The van der Waals surface area contributed by atoms with Crippen LogP contribution in [-0.4, -0.2) is 72.5 Å². The Kier molecular flexibility index (Phi) is 6.19. The zero-order chi connectivity index (χ0) is 22.1. The third kappa shape index (κ3) is 4.99. The number of alkyl halides is 3. The van der Waals surface area contributed by atoms with E-state index in [1.165, 1.54) is 22.2 Å². The standard InChI is InChI=1S/C16H17F3N4O5S2/c1-10-14(29-15(25)21-10)30(26,27)23-6-4-22(5-7-23)13(24)11-2-3-12(20-8-11)28-9-16(17,18)19/h2-3,8H,4-7,9H2,1H3,(H,21,25). The van der Waals surface area contributed by atoms with E-state index >= 15 is 0 Å². The summed E-state index contributed by atoms with van der Waals surface area (Å²) in [5, 5.41) is 0. The topological polar surface area (TPSA) is 113 Å². The maximum absolute atomic E-state index is 12.7. The van der Waals surface area contributed by atoms with E-state index in [1.54, 1.807) is 0 Å². The van der Waals surface area contributed by atoms with Gasteiger partial charge in [-0.05, 0) is 13.0 Å². The van der Waals surface area contributed by atoms with E-state index in [0.29, 0.717) is 11.3 Å². The largest absolute Gasteiger partial charge is 0.468 e. The van der Waals surface area contributed by atoms with Gasteiger partial charge in [-0.3, -0.25) is 9.59 Å². The fourth-order valence-corrected chi connectivity index (χ4v) is 5.67. The lowest BCUT2D eigenvalue weighted by Crippen LogP contribution is -2.50. The van der Waals surface area contributed by atoms with Crippen molar-refractivity contribution in [1.82, 2.24) is 19.2 Å². The normalized spacial score (nSPS) is 15.9. The summed E-state index contributed by atoms with van der Waals surface area (Å²) in [7, 11) is -3.85. The number of pyridine rings is 1. The lowest BCUT2D eigenvalue weighted by molar-refractivity contribution is -0.154. The number of carbonyl (C=O) groups is 1. The molecule has 0 bridgehead atoms. The molecule has 0 aliphatic carbocycles. The minimum absolute atomic E-state index is 0.0415. The van der Waals surface area contributed by atoms with Crippen molar-refractivity contribution in [1.29, 1.82) is 0 Å². The molecular formula is C16H17F3N4O5S2. The second-order valence-electron chi connectivity index (χ2n) is 6.41. The molecule has 0 radical (unpaired) electrons. The van der Waals surface area contributed by atoms with Crippen LogP contribution in [0.5, 0.6) is 5.88 Å². The van der Waals surface area contributed by atoms with Crippen LogP contribution in [0, 0.1) is 6.92 Å². The predicted molar refractivity (Wildman–Crippen MR) is 100 cm³/mol. The molecule has 2 aromatic rings. The van der Waals surface area contributed by atoms with Crippen molar-refractivity contribution in [3.8, 4) is 5.88 Å². The van der Waals surface area contributed by atoms with E-state index in [4.69, 9.17) is 0 Å². The van der Waals surface area contributed by atoms with Gasteiger partial charge in [0.15, 0.2) is 10.8 Å². The van der Waals surface area contributed by atoms with E-state index < -0.39 is 33.6 Å². The minimum atomic E-state index is -4.49. The van der Waals surface area contributed by atoms with Gasteiger partial charge >= 0.3 is 11.0 Å². The van der Waals surface area contributed by atoms with Crippen LogP contribution in [0.1, 0.15) is 16.1 Å². The van der Waals surface area contributed by atoms with Gasteiger partial charge in [0, 0.05) is 44.1 Å². The monoisotopic (exact) mass is 466 g/mol. The first kappa shape index (κ1) is 22.2. The first-order valence-corrected chi connectivity index (χ1v) is 10.9. The number of hydrogen-bond acceptors (Lipinski definition) is 7. The maximum atomic E-state index is 12.7. The summed E-state index contributed by atoms with van der Waals surface area (Å²) < 4.78 is 67.6. The molecule has 1 fully saturated rings. The fourth-order valence-electron chi connectivity index (χ4n) is 2.82. The van der Waals surface area contributed by atoms with Crippen LogP contribution in [0.25, 0.3) is 0 Å². The number of hydrogen-bond donors (Lipinski definition) is 1. The number of aryl methyl sites for hydroxylation is 1. The third-order valence-corrected chi connectivity index (χ3v) is 7.73. The van der Waals surface area contributed by atoms with Gasteiger partial charge in [0.2, 0.25) is 5.88 Å². The average molecular weight is 466 g/mol. The van der Waals surface area contributed by atoms with Crippen LogP contribution in [-0.2, 0) is 10.0 Å². The summed E-state index contributed by atoms with van der Waals surface area (Å²) in [6.07, 6.45) is -3.39. The number of rotatable bonds is 5. The van der Waals surface area contributed by atoms with E-state index in [0.717, 1.165) is 12.3 Å². The zero-order valence-corrected chi connectivity index (χ0v) is 17.2. The van der Waals surface area contributed by atoms with Crippen LogP contribution in [0.2, 0.25) is 0 Å². The molecule has 1 aliphatic rings. The lowest BCUT2D eigenvalue weighted by Gasteiger charge is -2.33. The number of halogens is 3. The van der Waals surface area contributed by atoms with E-state index in [1.807, 2.05) is 0 Å². The molecule has 0 unspecified atom stereocenters. The number of H-pyrrole nitrogens is 1. The number of thiazole rings is 1. The molecule has 164 valence electrons. The average Bonchev–Trinajstić information content (AvgIpc) is 3.04. The number of carbonyl (C=O) groups excluding carboxylic acids is 1. The van der Waals surface area contributed by atoms with Gasteiger partial charge in [-0.2, -0.15) is 17.5 Å². The quantitative estimate of drug-likeness (QED) is 0.709. The Hall–Kier alpha value is -2.45. The molecule has 0 saturated carbocycles. The second-order valence-corrected chi connectivity index (χ2v) is 9.53. The van der Waals surface area contributed by atoms with E-state index in [-0.39, 0.29) is 47.5 Å². The van der Waals surface area contributed by atoms with Gasteiger partial charge in [-0.1, -0.05) is 11.3 Å². The predicted octanol–water partition coefficient (Wildman–Crippen LogP) is 1.23. The minimum Gasteiger partial charge on any atom is -0.468 e. The highest BCUT2D eigenvalue weighted by molar-refractivity contribution is 7.91. The molecule has 0 spiro atoms. The van der Waals surface area contributed by atoms with Gasteiger partial charge < -0.3 is 14.6 Å². The van der Waals surface area contributed by atoms with Crippen molar-refractivity contribution in [2.24, 2.45) is 0 Å². The molecule has 0 atom stereocenters. The van der Waals surface area contributed by atoms with Gasteiger partial charge in [0.25, 0.3) is 15.9 Å². The molecular weight excluding hydrogens is 449 g/mol. The van der Waals surface area contributed by atoms with Crippen molar-refractivity contribution in [3.63, 3.8) is 0 Å². The Morgan fingerprint density at radius 1 is 1.27 bits per heavy atom. The van der Waals surface area contributed by atoms with Crippen molar-refractivity contribution < 1.29 is 31.1 Å². The van der Waals surface area contributed by atoms with Crippen LogP contribution in [0.15, 0.2) is 27.3 Å². The highest BCUT2D eigenvalue weighted by Gasteiger charge is 2.33. The number of aromatic nitrogens is 2. The SMILES string of the molecule is Cc1[nH]c(=O)sc1S(=O)(=O)N1CCN(C(=O)c2ccc(OCC(F)(F)F)nc2)CC1. The Morgan fingerprint density at radius 3 is 2.43 bits per heavy atom. The molecule has 1 aliphatic heterocycles. The second kappa shape index (κ2) is 8.35. The molecule has 2 aromatic heterocycles. The van der Waals surface area contributed by atoms with Gasteiger partial charge in [-0.15, -0.1) is 0 Å². The van der Waals surface area contributed by atoms with Gasteiger partial charge in [-0.25, -0.2) is 13.4 Å². The van der Waals surface area contributed by atoms with Crippen LogP contribution in [0.3, 0.4) is 0 Å². The number of nitrogens with one attached hydrogen (secondary N) is 1. The number of ether oxygens (including phenoxy) is 1. The van der Waals surface area contributed by atoms with E-state index in [9.17, 15) is 31.2 Å². The molecule has 3 heterocycles. The van der Waals surface area contributed by atoms with Crippen molar-refractivity contribution in [3.05, 3.63) is 39.3 Å². The number of aromatic amines is 1. The number of sulfonamides is 1. The summed E-state index contributed by atoms with van der Waals surface area (Å²) in [5.41, 5.74) is 0.410. The Labute approximate surface area is 173 Å². The van der Waals surface area contributed by atoms with E-state index in [2.05, 4.69) is 14.7 Å². The molecule has 3 rings (SSSR count). The Morgan fingerprint density at radius 2 is 1.93 bits per heavy atom. The summed E-state index contributed by atoms with van der Waals surface area (Å²) in [5.74, 6) is -0.690. The summed E-state index contributed by atoms with van der Waals surface area (Å²) in [4.78, 5) is 31.1. The number of amides is 1. The molecule has 0 aromatic carbocycles. The molecule has 30 heavy (non-hydrogen) atoms. The van der Waals surface area contributed by atoms with Crippen LogP contribution in [0.4, 0.5) is 13.2 Å². The number of nitrogens with zero attached hydrogens (tertiary/aromatic N) is 3. The first-order chi connectivity index (χ1) is 14.0. The summed E-state index contributed by atoms with van der Waals surface area (Å²) >= 11 is 0.614. The fraction of sp³-hybridized carbons (Fsp3) is 0.438. The summed E-state index contributed by atoms with van der Waals surface area (Å²) in [6.45, 7) is 0.323. The zero-order valence-electron chi connectivity index (χ0n) is 15.6. The van der Waals surface area contributed by atoms with Crippen molar-refractivity contribution in [2.45, 2.75) is 17.3 Å². The van der Waals surface area contributed by atoms with Crippen molar-refractivity contribution in [2.75, 3.05) is 32.8 Å². The molecule has 1 amide bonds. The maximum Gasteiger partial charge on any atom is 0.422 e. The van der Waals surface area contributed by atoms with Crippen LogP contribution >= 0.6 is 11.3 Å². The van der Waals surface area contributed by atoms with Crippen molar-refractivity contribution >= 4 is 27.3 Å². The smallest absolute Gasteiger partial charge is 0.422 e. The van der Waals surface area contributed by atoms with Crippen LogP contribution < -0.4 is 9.61 Å². The molecule has 1 saturated heterocycles. The summed E-state index contributed by atoms with van der Waals surface area (Å²) in [6, 6.07) is 2.46. The third-order valence-electron chi connectivity index (χ3n) is 4.25. The Balaban J connectivity index is 1.61. The van der Waals surface area contributed by atoms with Gasteiger partial charge in [0.1, 0.15) is 0 Å². The lowest BCUT2D eigenvalue weighted by atomic mass is 10.2. The molecule has 1 N–H and O–H groups in total. The Bertz CT molecular complexity index is 1070. The first-order valence-electron chi connectivity index (χ1n) is 8.62. The highest BCUT2D eigenvalue weighted by atomic mass is 32.2.